The predicted octanol–water partition coefficient (Wildman–Crippen LogP) is 0.513. The van der Waals surface area contributed by atoms with Crippen molar-refractivity contribution in [3.8, 4) is 0 Å². The number of amides is 3. The molecule has 196 valence electrons. The zero-order chi connectivity index (χ0) is 26.6. The van der Waals surface area contributed by atoms with Crippen LogP contribution in [0.2, 0.25) is 0 Å². The molecule has 1 aromatic rings. The van der Waals surface area contributed by atoms with Gasteiger partial charge in [0.05, 0.1) is 0 Å². The van der Waals surface area contributed by atoms with E-state index in [-0.39, 0.29) is 40.8 Å². The van der Waals surface area contributed by atoms with Crippen molar-refractivity contribution in [3.05, 3.63) is 17.6 Å². The Balaban J connectivity index is 1.60. The zero-order valence-corrected chi connectivity index (χ0v) is 21.6. The van der Waals surface area contributed by atoms with Gasteiger partial charge in [0.25, 0.3) is 11.8 Å². The van der Waals surface area contributed by atoms with Crippen LogP contribution in [0.15, 0.2) is 16.9 Å². The Hall–Kier alpha value is -3.40. The summed E-state index contributed by atoms with van der Waals surface area (Å²) < 4.78 is 9.11. The molecule has 14 nitrogen and oxygen atoms in total. The minimum atomic E-state index is -1.22. The number of nitrogen functional groups attached to an aromatic ring is 1. The van der Waals surface area contributed by atoms with Gasteiger partial charge >= 0.3 is 12.1 Å². The van der Waals surface area contributed by atoms with Gasteiger partial charge in [-0.1, -0.05) is 5.16 Å². The van der Waals surface area contributed by atoms with Gasteiger partial charge in [0, 0.05) is 29.7 Å². The summed E-state index contributed by atoms with van der Waals surface area (Å²) in [6.45, 7) is 7.34. The highest BCUT2D eigenvalue weighted by Crippen LogP contribution is 2.40. The topological polar surface area (TPSA) is 198 Å². The number of nitrogens with one attached hydrogen (secondary N) is 2. The normalized spacial score (nSPS) is 21.6. The SMILES string of the molecule is CC1C=C(C(=O)O)N2C(=O)C(NC(=O)/C(=N/OCCCNC(=O)OC(C)(C)C)c3nsc(N)n3)C2S1. The third kappa shape index (κ3) is 6.63. The van der Waals surface area contributed by atoms with E-state index in [4.69, 9.17) is 15.3 Å². The minimum absolute atomic E-state index is 0.0467. The molecule has 0 aromatic carbocycles. The molecule has 0 aliphatic carbocycles. The molecule has 1 fully saturated rings. The Morgan fingerprint density at radius 3 is 2.67 bits per heavy atom. The molecular weight excluding hydrogens is 514 g/mol. The second kappa shape index (κ2) is 11.1. The summed E-state index contributed by atoms with van der Waals surface area (Å²) in [5, 5.41) is 17.7. The lowest BCUT2D eigenvalue weighted by Crippen LogP contribution is -2.71. The maximum Gasteiger partial charge on any atom is 0.407 e. The van der Waals surface area contributed by atoms with Crippen LogP contribution in [0.25, 0.3) is 0 Å². The molecule has 5 N–H and O–H groups in total. The summed E-state index contributed by atoms with van der Waals surface area (Å²) in [4.78, 5) is 59.1. The van der Waals surface area contributed by atoms with Crippen molar-refractivity contribution in [1.82, 2.24) is 24.9 Å². The number of nitrogens with zero attached hydrogens (tertiary/aromatic N) is 4. The van der Waals surface area contributed by atoms with Crippen LogP contribution in [0.1, 0.15) is 39.9 Å². The lowest BCUT2D eigenvalue weighted by Gasteiger charge is -2.49. The quantitative estimate of drug-likeness (QED) is 0.147. The number of aliphatic carboxylic acids is 1. The van der Waals surface area contributed by atoms with Crippen LogP contribution < -0.4 is 16.4 Å². The third-order valence-electron chi connectivity index (χ3n) is 4.66. The predicted molar refractivity (Wildman–Crippen MR) is 131 cm³/mol. The van der Waals surface area contributed by atoms with Crippen molar-refractivity contribution < 1.29 is 33.9 Å². The number of hydrogen-bond acceptors (Lipinski definition) is 12. The zero-order valence-electron chi connectivity index (χ0n) is 20.0. The number of rotatable bonds is 9. The van der Waals surface area contributed by atoms with Gasteiger partial charge in [-0.3, -0.25) is 14.5 Å². The van der Waals surface area contributed by atoms with Gasteiger partial charge in [-0.2, -0.15) is 9.36 Å². The Bertz CT molecular complexity index is 1100. The average molecular weight is 542 g/mol. The number of alkyl carbamates (subject to hydrolysis) is 1. The number of β-lactam (4-membered cyclic amide) rings is 1. The van der Waals surface area contributed by atoms with Crippen molar-refractivity contribution in [1.29, 1.82) is 0 Å². The number of carboxylic acids is 1. The number of anilines is 1. The van der Waals surface area contributed by atoms with E-state index in [1.165, 1.54) is 17.8 Å². The number of oxime groups is 1. The van der Waals surface area contributed by atoms with Gasteiger partial charge in [0.2, 0.25) is 11.5 Å². The molecule has 1 aromatic heterocycles. The van der Waals surface area contributed by atoms with Crippen molar-refractivity contribution in [2.45, 2.75) is 56.4 Å². The molecule has 0 spiro atoms. The van der Waals surface area contributed by atoms with Gasteiger partial charge in [-0.25, -0.2) is 9.59 Å². The van der Waals surface area contributed by atoms with Gasteiger partial charge in [-0.05, 0) is 33.8 Å². The monoisotopic (exact) mass is 541 g/mol. The molecule has 1 saturated heterocycles. The number of carbonyl (C=O) groups is 4. The maximum absolute atomic E-state index is 13.0. The van der Waals surface area contributed by atoms with Crippen LogP contribution in [0.5, 0.6) is 0 Å². The van der Waals surface area contributed by atoms with E-state index >= 15 is 0 Å². The van der Waals surface area contributed by atoms with E-state index in [1.807, 2.05) is 0 Å². The Morgan fingerprint density at radius 1 is 1.33 bits per heavy atom. The molecular formula is C20H27N7O7S2. The minimum Gasteiger partial charge on any atom is -0.477 e. The highest BCUT2D eigenvalue weighted by Gasteiger charge is 2.54. The van der Waals surface area contributed by atoms with Crippen molar-refractivity contribution in [2.24, 2.45) is 5.16 Å². The summed E-state index contributed by atoms with van der Waals surface area (Å²) in [5.74, 6) is -2.64. The molecule has 0 radical (unpaired) electrons. The number of thioether (sulfide) groups is 1. The molecule has 3 amide bonds. The van der Waals surface area contributed by atoms with Gasteiger partial charge < -0.3 is 31.0 Å². The van der Waals surface area contributed by atoms with Crippen LogP contribution >= 0.6 is 23.3 Å². The summed E-state index contributed by atoms with van der Waals surface area (Å²) in [6.07, 6.45) is 1.28. The van der Waals surface area contributed by atoms with E-state index in [9.17, 15) is 24.3 Å². The van der Waals surface area contributed by atoms with E-state index in [0.29, 0.717) is 6.42 Å². The van der Waals surface area contributed by atoms with E-state index < -0.39 is 40.9 Å². The van der Waals surface area contributed by atoms with Crippen molar-refractivity contribution in [2.75, 3.05) is 18.9 Å². The first-order valence-electron chi connectivity index (χ1n) is 10.9. The number of hydrogen-bond donors (Lipinski definition) is 4. The lowest BCUT2D eigenvalue weighted by molar-refractivity contribution is -0.150. The summed E-state index contributed by atoms with van der Waals surface area (Å²) in [6, 6.07) is -0.966. The van der Waals surface area contributed by atoms with Crippen LogP contribution in [0, 0.1) is 0 Å². The standard InChI is InChI=1S/C20H27N7O7S2/c1-9-8-10(17(30)31)27-15(29)12(16(27)35-9)23-14(28)11(13-24-18(21)36-26-13)25-33-7-5-6-22-19(32)34-20(2,3)4/h8-9,12,16H,5-7H2,1-4H3,(H,22,32)(H,23,28)(H,30,31)(H2,21,24,26)/b25-11+. The first-order valence-corrected chi connectivity index (χ1v) is 12.6. The molecule has 3 unspecified atom stereocenters. The number of nitrogens with two attached hydrogens (primary N) is 1. The second-order valence-electron chi connectivity index (χ2n) is 8.76. The van der Waals surface area contributed by atoms with E-state index in [0.717, 1.165) is 16.4 Å². The second-order valence-corrected chi connectivity index (χ2v) is 11.0. The number of ether oxygens (including phenoxy) is 1. The molecule has 2 aliphatic rings. The number of fused-ring (bicyclic) bond motifs is 1. The Morgan fingerprint density at radius 2 is 2.06 bits per heavy atom. The molecule has 16 heteroatoms. The molecule has 3 rings (SSSR count). The molecule has 3 heterocycles. The molecule has 3 atom stereocenters. The smallest absolute Gasteiger partial charge is 0.407 e. The van der Waals surface area contributed by atoms with Gasteiger partial charge in [0.1, 0.15) is 29.3 Å². The number of aromatic nitrogens is 2. The molecule has 2 aliphatic heterocycles. The maximum atomic E-state index is 13.0. The van der Waals surface area contributed by atoms with Crippen LogP contribution in [0.4, 0.5) is 9.93 Å². The Kier molecular flexibility index (Phi) is 8.39. The fraction of sp³-hybridized carbons (Fsp3) is 0.550. The van der Waals surface area contributed by atoms with Crippen molar-refractivity contribution >= 4 is 58.0 Å². The van der Waals surface area contributed by atoms with Crippen molar-refractivity contribution in [3.63, 3.8) is 0 Å². The fourth-order valence-corrected chi connectivity index (χ4v) is 4.97. The van der Waals surface area contributed by atoms with E-state index in [1.54, 1.807) is 27.7 Å². The molecule has 0 saturated carbocycles. The lowest BCUT2D eigenvalue weighted by atomic mass is 10.0. The highest BCUT2D eigenvalue weighted by molar-refractivity contribution is 8.00. The number of carbonyl (C=O) groups excluding carboxylic acids is 3. The fourth-order valence-electron chi connectivity index (χ4n) is 3.20. The summed E-state index contributed by atoms with van der Waals surface area (Å²) >= 11 is 2.19. The third-order valence-corrected chi connectivity index (χ3v) is 6.53. The van der Waals surface area contributed by atoms with Gasteiger partial charge in [-0.15, -0.1) is 11.8 Å². The summed E-state index contributed by atoms with van der Waals surface area (Å²) in [7, 11) is 0. The number of carboxylic acid groups (broad SMARTS) is 1. The van der Waals surface area contributed by atoms with E-state index in [2.05, 4.69) is 25.1 Å². The Labute approximate surface area is 214 Å². The largest absolute Gasteiger partial charge is 0.477 e. The summed E-state index contributed by atoms with van der Waals surface area (Å²) in [5.41, 5.74) is 4.60. The first-order chi connectivity index (χ1) is 16.9. The molecule has 36 heavy (non-hydrogen) atoms. The highest BCUT2D eigenvalue weighted by atomic mass is 32.2. The van der Waals surface area contributed by atoms with Gasteiger partial charge in [0.15, 0.2) is 5.13 Å². The molecule has 0 bridgehead atoms. The van der Waals surface area contributed by atoms with Crippen LogP contribution in [-0.4, -0.2) is 84.4 Å². The average Bonchev–Trinajstić information content (AvgIpc) is 3.20. The van der Waals surface area contributed by atoms with Crippen LogP contribution in [0.3, 0.4) is 0 Å². The first kappa shape index (κ1) is 27.2. The van der Waals surface area contributed by atoms with Crippen LogP contribution in [-0.2, 0) is 24.0 Å².